The number of sulfonamides is 1. The molecule has 0 spiro atoms. The average Bonchev–Trinajstić information content (AvgIpc) is 3.38. The molecule has 2 aliphatic heterocycles. The molecular weight excluding hydrogens is 438 g/mol. The van der Waals surface area contributed by atoms with Gasteiger partial charge >= 0.3 is 0 Å². The van der Waals surface area contributed by atoms with Gasteiger partial charge in [-0.2, -0.15) is 0 Å². The van der Waals surface area contributed by atoms with Crippen LogP contribution in [-0.2, 0) is 16.6 Å². The number of methoxy groups -OCH3 is 1. The minimum atomic E-state index is -3.79. The topological polar surface area (TPSA) is 79.0 Å². The van der Waals surface area contributed by atoms with E-state index in [0.29, 0.717) is 24.8 Å². The normalized spacial score (nSPS) is 17.4. The molecule has 2 aliphatic rings. The van der Waals surface area contributed by atoms with Crippen molar-refractivity contribution in [2.24, 2.45) is 5.92 Å². The smallest absolute Gasteiger partial charge is 0.257 e. The van der Waals surface area contributed by atoms with E-state index in [4.69, 9.17) is 4.74 Å². The van der Waals surface area contributed by atoms with Crippen molar-refractivity contribution in [3.63, 3.8) is 0 Å². The number of hydrogen-bond donors (Lipinski definition) is 1. The second-order valence-corrected chi connectivity index (χ2v) is 10.8. The maximum absolute atomic E-state index is 13.1. The fourth-order valence-electron chi connectivity index (χ4n) is 4.47. The van der Waals surface area contributed by atoms with Gasteiger partial charge < -0.3 is 14.5 Å². The third-order valence-electron chi connectivity index (χ3n) is 6.66. The van der Waals surface area contributed by atoms with Gasteiger partial charge in [0.2, 0.25) is 10.0 Å². The molecule has 0 radical (unpaired) electrons. The zero-order valence-electron chi connectivity index (χ0n) is 19.4. The molecule has 2 saturated heterocycles. The van der Waals surface area contributed by atoms with Crippen molar-refractivity contribution in [1.82, 2.24) is 9.62 Å². The minimum absolute atomic E-state index is 0.0608. The summed E-state index contributed by atoms with van der Waals surface area (Å²) >= 11 is 0. The lowest BCUT2D eigenvalue weighted by molar-refractivity contribution is 0.0693. The molecule has 2 aromatic carbocycles. The number of likely N-dealkylation sites (tertiary alicyclic amines) is 1. The van der Waals surface area contributed by atoms with E-state index in [1.807, 2.05) is 24.3 Å². The number of amides is 1. The van der Waals surface area contributed by atoms with Crippen molar-refractivity contribution in [2.45, 2.75) is 44.0 Å². The molecule has 0 aliphatic carbocycles. The van der Waals surface area contributed by atoms with Gasteiger partial charge in [0, 0.05) is 38.4 Å². The quantitative estimate of drug-likeness (QED) is 0.667. The number of nitrogens with one attached hydrogen (secondary N) is 1. The Morgan fingerprint density at radius 1 is 1.03 bits per heavy atom. The Bertz CT molecular complexity index is 1070. The van der Waals surface area contributed by atoms with Crippen molar-refractivity contribution in [2.75, 3.05) is 38.2 Å². The van der Waals surface area contributed by atoms with E-state index >= 15 is 0 Å². The first-order chi connectivity index (χ1) is 15.9. The molecule has 1 N–H and O–H groups in total. The van der Waals surface area contributed by atoms with Crippen LogP contribution >= 0.6 is 0 Å². The van der Waals surface area contributed by atoms with Gasteiger partial charge in [0.25, 0.3) is 5.91 Å². The molecule has 2 heterocycles. The van der Waals surface area contributed by atoms with Gasteiger partial charge in [0.1, 0.15) is 5.75 Å². The van der Waals surface area contributed by atoms with E-state index in [9.17, 15) is 13.2 Å². The molecule has 0 bridgehead atoms. The van der Waals surface area contributed by atoms with Crippen LogP contribution < -0.4 is 14.4 Å². The van der Waals surface area contributed by atoms with E-state index < -0.39 is 10.0 Å². The van der Waals surface area contributed by atoms with Crippen LogP contribution in [0.3, 0.4) is 0 Å². The van der Waals surface area contributed by atoms with E-state index in [2.05, 4.69) is 16.5 Å². The summed E-state index contributed by atoms with van der Waals surface area (Å²) in [6.07, 6.45) is 4.32. The van der Waals surface area contributed by atoms with E-state index in [-0.39, 0.29) is 22.9 Å². The van der Waals surface area contributed by atoms with Gasteiger partial charge in [-0.15, -0.1) is 0 Å². The molecule has 2 aromatic rings. The van der Waals surface area contributed by atoms with Crippen molar-refractivity contribution in [3.8, 4) is 5.75 Å². The van der Waals surface area contributed by atoms with Crippen LogP contribution in [0.1, 0.15) is 48.5 Å². The van der Waals surface area contributed by atoms with Gasteiger partial charge in [0.05, 0.1) is 17.6 Å². The van der Waals surface area contributed by atoms with Gasteiger partial charge in [-0.25, -0.2) is 13.1 Å². The van der Waals surface area contributed by atoms with Crippen LogP contribution in [-0.4, -0.2) is 52.5 Å². The molecule has 7 nitrogen and oxygen atoms in total. The van der Waals surface area contributed by atoms with Crippen LogP contribution in [0.4, 0.5) is 5.69 Å². The molecule has 33 heavy (non-hydrogen) atoms. The van der Waals surface area contributed by atoms with Gasteiger partial charge in [-0.05, 0) is 67.5 Å². The standard InChI is InChI=1S/C25H33N3O4S/c1-19-11-15-28(16-12-19)25(29)23-17-22(9-10-24(23)32-2)33(30,31)26-18-20-5-7-21(8-6-20)27-13-3-4-14-27/h5-10,17,19,26H,3-4,11-16,18H2,1-2H3. The van der Waals surface area contributed by atoms with E-state index in [1.54, 1.807) is 11.0 Å². The van der Waals surface area contributed by atoms with Crippen molar-refractivity contribution < 1.29 is 17.9 Å². The lowest BCUT2D eigenvalue weighted by atomic mass is 9.98. The van der Waals surface area contributed by atoms with E-state index in [1.165, 1.54) is 37.8 Å². The molecular formula is C25H33N3O4S. The van der Waals surface area contributed by atoms with Crippen LogP contribution in [0.15, 0.2) is 47.4 Å². The zero-order chi connectivity index (χ0) is 23.4. The van der Waals surface area contributed by atoms with Crippen molar-refractivity contribution in [1.29, 1.82) is 0 Å². The van der Waals surface area contributed by atoms with Crippen LogP contribution in [0.2, 0.25) is 0 Å². The Morgan fingerprint density at radius 2 is 1.70 bits per heavy atom. The van der Waals surface area contributed by atoms with Crippen molar-refractivity contribution in [3.05, 3.63) is 53.6 Å². The fourth-order valence-corrected chi connectivity index (χ4v) is 5.51. The Kier molecular flexibility index (Phi) is 7.24. The zero-order valence-corrected chi connectivity index (χ0v) is 20.2. The Balaban J connectivity index is 1.46. The van der Waals surface area contributed by atoms with Crippen molar-refractivity contribution >= 4 is 21.6 Å². The Hall–Kier alpha value is -2.58. The fraction of sp³-hybridized carbons (Fsp3) is 0.480. The average molecular weight is 472 g/mol. The number of piperidine rings is 1. The second-order valence-electron chi connectivity index (χ2n) is 9.02. The lowest BCUT2D eigenvalue weighted by Crippen LogP contribution is -2.38. The molecule has 2 fully saturated rings. The summed E-state index contributed by atoms with van der Waals surface area (Å²) in [6.45, 7) is 5.85. The highest BCUT2D eigenvalue weighted by Gasteiger charge is 2.26. The van der Waals surface area contributed by atoms with Crippen LogP contribution in [0.25, 0.3) is 0 Å². The number of carbonyl (C=O) groups excluding carboxylic acids is 1. The number of ether oxygens (including phenoxy) is 1. The van der Waals surface area contributed by atoms with Crippen LogP contribution in [0.5, 0.6) is 5.75 Å². The predicted molar refractivity (Wildman–Crippen MR) is 129 cm³/mol. The number of anilines is 1. The van der Waals surface area contributed by atoms with Crippen LogP contribution in [0, 0.1) is 5.92 Å². The summed E-state index contributed by atoms with van der Waals surface area (Å²) in [5, 5.41) is 0. The van der Waals surface area contributed by atoms with Gasteiger partial charge in [-0.1, -0.05) is 19.1 Å². The number of hydrogen-bond acceptors (Lipinski definition) is 5. The SMILES string of the molecule is COc1ccc(S(=O)(=O)NCc2ccc(N3CCCC3)cc2)cc1C(=O)N1CCC(C)CC1. The molecule has 0 unspecified atom stereocenters. The first kappa shape index (κ1) is 23.6. The first-order valence-electron chi connectivity index (χ1n) is 11.7. The summed E-state index contributed by atoms with van der Waals surface area (Å²) in [5.74, 6) is 0.791. The molecule has 8 heteroatoms. The largest absolute Gasteiger partial charge is 0.496 e. The number of benzene rings is 2. The summed E-state index contributed by atoms with van der Waals surface area (Å²) in [5.41, 5.74) is 2.34. The Labute approximate surface area is 196 Å². The lowest BCUT2D eigenvalue weighted by Gasteiger charge is -2.30. The summed E-state index contributed by atoms with van der Waals surface area (Å²) in [6, 6.07) is 12.5. The van der Waals surface area contributed by atoms with Gasteiger partial charge in [-0.3, -0.25) is 4.79 Å². The second kappa shape index (κ2) is 10.1. The molecule has 4 rings (SSSR count). The highest BCUT2D eigenvalue weighted by atomic mass is 32.2. The first-order valence-corrected chi connectivity index (χ1v) is 13.2. The maximum atomic E-state index is 13.1. The minimum Gasteiger partial charge on any atom is -0.496 e. The highest BCUT2D eigenvalue weighted by molar-refractivity contribution is 7.89. The predicted octanol–water partition coefficient (Wildman–Crippen LogP) is 3.65. The summed E-state index contributed by atoms with van der Waals surface area (Å²) < 4.78 is 34.0. The molecule has 0 aromatic heterocycles. The molecule has 1 amide bonds. The van der Waals surface area contributed by atoms with Gasteiger partial charge in [0.15, 0.2) is 0 Å². The summed E-state index contributed by atoms with van der Waals surface area (Å²) in [7, 11) is -2.30. The third kappa shape index (κ3) is 5.50. The van der Waals surface area contributed by atoms with E-state index in [0.717, 1.165) is 31.5 Å². The third-order valence-corrected chi connectivity index (χ3v) is 8.06. The number of carbonyl (C=O) groups is 1. The number of rotatable bonds is 7. The summed E-state index contributed by atoms with van der Waals surface area (Å²) in [4.78, 5) is 17.3. The molecule has 178 valence electrons. The molecule has 0 saturated carbocycles. The monoisotopic (exact) mass is 471 g/mol. The maximum Gasteiger partial charge on any atom is 0.257 e. The Morgan fingerprint density at radius 3 is 2.33 bits per heavy atom. The molecule has 0 atom stereocenters. The number of nitrogens with zero attached hydrogens (tertiary/aromatic N) is 2. The highest BCUT2D eigenvalue weighted by Crippen LogP contribution is 2.27.